The number of nitro groups is 1. The van der Waals surface area contributed by atoms with Crippen LogP contribution in [0.4, 0.5) is 15.8 Å². The monoisotopic (exact) mass is 253 g/mol. The number of halogens is 1. The third-order valence-corrected chi connectivity index (χ3v) is 2.79. The first kappa shape index (κ1) is 12.4. The molecule has 96 valence electrons. The molecule has 0 bridgehead atoms. The fraction of sp³-hybridized carbons (Fsp3) is 0.364. The molecule has 1 aliphatic heterocycles. The van der Waals surface area contributed by atoms with E-state index in [2.05, 4.69) is 10.6 Å². The van der Waals surface area contributed by atoms with Crippen molar-refractivity contribution in [2.45, 2.75) is 18.9 Å². The van der Waals surface area contributed by atoms with Crippen LogP contribution in [-0.4, -0.2) is 23.4 Å². The number of nitrogens with one attached hydrogen (secondary N) is 2. The van der Waals surface area contributed by atoms with Gasteiger partial charge in [-0.05, 0) is 31.5 Å². The first-order valence-electron chi connectivity index (χ1n) is 5.56. The van der Waals surface area contributed by atoms with E-state index in [9.17, 15) is 19.3 Å². The summed E-state index contributed by atoms with van der Waals surface area (Å²) in [4.78, 5) is 21.8. The van der Waals surface area contributed by atoms with E-state index in [-0.39, 0.29) is 17.6 Å². The number of nitrogens with zero attached hydrogens (tertiary/aromatic N) is 1. The van der Waals surface area contributed by atoms with Crippen molar-refractivity contribution in [2.75, 3.05) is 11.9 Å². The fourth-order valence-corrected chi connectivity index (χ4v) is 1.89. The highest BCUT2D eigenvalue weighted by molar-refractivity contribution is 5.96. The van der Waals surface area contributed by atoms with E-state index in [0.29, 0.717) is 6.42 Å². The summed E-state index contributed by atoms with van der Waals surface area (Å²) in [5.41, 5.74) is -0.429. The quantitative estimate of drug-likeness (QED) is 0.630. The van der Waals surface area contributed by atoms with E-state index in [1.54, 1.807) is 0 Å². The largest absolute Gasteiger partial charge is 0.319 e. The van der Waals surface area contributed by atoms with Crippen molar-refractivity contribution in [1.82, 2.24) is 5.32 Å². The topological polar surface area (TPSA) is 84.3 Å². The van der Waals surface area contributed by atoms with Gasteiger partial charge in [0.25, 0.3) is 5.69 Å². The predicted octanol–water partition coefficient (Wildman–Crippen LogP) is 1.42. The van der Waals surface area contributed by atoms with Crippen LogP contribution in [0.3, 0.4) is 0 Å². The van der Waals surface area contributed by atoms with Crippen LogP contribution < -0.4 is 10.6 Å². The lowest BCUT2D eigenvalue weighted by molar-refractivity contribution is -0.384. The van der Waals surface area contributed by atoms with Gasteiger partial charge < -0.3 is 10.6 Å². The molecule has 0 aliphatic carbocycles. The van der Waals surface area contributed by atoms with Gasteiger partial charge in [-0.15, -0.1) is 0 Å². The van der Waals surface area contributed by atoms with Gasteiger partial charge in [0, 0.05) is 0 Å². The average Bonchev–Trinajstić information content (AvgIpc) is 2.84. The molecule has 6 nitrogen and oxygen atoms in total. The maximum absolute atomic E-state index is 12.9. The van der Waals surface area contributed by atoms with Crippen molar-refractivity contribution in [1.29, 1.82) is 0 Å². The molecule has 1 aromatic carbocycles. The van der Waals surface area contributed by atoms with Crippen molar-refractivity contribution < 1.29 is 14.1 Å². The molecule has 0 radical (unpaired) electrons. The molecule has 7 heteroatoms. The molecule has 2 rings (SSSR count). The summed E-state index contributed by atoms with van der Waals surface area (Å²) in [6.07, 6.45) is 1.59. The van der Waals surface area contributed by atoms with Crippen LogP contribution in [0.25, 0.3) is 0 Å². The molecule has 0 spiro atoms. The van der Waals surface area contributed by atoms with E-state index < -0.39 is 16.4 Å². The van der Waals surface area contributed by atoms with Crippen LogP contribution in [0.15, 0.2) is 18.2 Å². The summed E-state index contributed by atoms with van der Waals surface area (Å²) in [7, 11) is 0. The number of carbonyl (C=O) groups is 1. The van der Waals surface area contributed by atoms with Crippen LogP contribution in [0, 0.1) is 15.9 Å². The average molecular weight is 253 g/mol. The number of benzene rings is 1. The smallest absolute Gasteiger partial charge is 0.295 e. The summed E-state index contributed by atoms with van der Waals surface area (Å²) >= 11 is 0. The molecule has 1 aromatic rings. The zero-order valence-electron chi connectivity index (χ0n) is 9.48. The lowest BCUT2D eigenvalue weighted by atomic mass is 10.2. The highest BCUT2D eigenvalue weighted by Crippen LogP contribution is 2.25. The van der Waals surface area contributed by atoms with Gasteiger partial charge in [-0.3, -0.25) is 14.9 Å². The number of hydrogen-bond acceptors (Lipinski definition) is 4. The zero-order chi connectivity index (χ0) is 13.1. The van der Waals surface area contributed by atoms with Gasteiger partial charge in [0.15, 0.2) is 0 Å². The lowest BCUT2D eigenvalue weighted by Crippen LogP contribution is -2.35. The van der Waals surface area contributed by atoms with Gasteiger partial charge in [0.2, 0.25) is 5.91 Å². The molecule has 1 saturated heterocycles. The SMILES string of the molecule is O=C(Nc1ccc(F)cc1[N+](=O)[O-])C1CCCN1. The summed E-state index contributed by atoms with van der Waals surface area (Å²) in [6, 6.07) is 2.72. The number of rotatable bonds is 3. The van der Waals surface area contributed by atoms with Crippen LogP contribution >= 0.6 is 0 Å². The van der Waals surface area contributed by atoms with Crippen LogP contribution in [0.5, 0.6) is 0 Å². The lowest BCUT2D eigenvalue weighted by Gasteiger charge is -2.11. The molecule has 1 unspecified atom stereocenters. The van der Waals surface area contributed by atoms with E-state index >= 15 is 0 Å². The molecule has 2 N–H and O–H groups in total. The van der Waals surface area contributed by atoms with E-state index in [4.69, 9.17) is 0 Å². The molecule has 1 atom stereocenters. The van der Waals surface area contributed by atoms with Gasteiger partial charge >= 0.3 is 0 Å². The van der Waals surface area contributed by atoms with Crippen LogP contribution in [-0.2, 0) is 4.79 Å². The summed E-state index contributed by atoms with van der Waals surface area (Å²) in [5.74, 6) is -1.04. The normalized spacial score (nSPS) is 18.6. The molecule has 18 heavy (non-hydrogen) atoms. The third kappa shape index (κ3) is 2.62. The summed E-state index contributed by atoms with van der Waals surface area (Å²) < 4.78 is 12.9. The minimum absolute atomic E-state index is 0.0140. The van der Waals surface area contributed by atoms with Gasteiger partial charge in [-0.2, -0.15) is 0 Å². The minimum atomic E-state index is -0.721. The molecule has 1 fully saturated rings. The Bertz CT molecular complexity index is 486. The molecule has 0 aromatic heterocycles. The molecular formula is C11H12FN3O3. The highest BCUT2D eigenvalue weighted by Gasteiger charge is 2.24. The fourth-order valence-electron chi connectivity index (χ4n) is 1.89. The van der Waals surface area contributed by atoms with Crippen LogP contribution in [0.1, 0.15) is 12.8 Å². The van der Waals surface area contributed by atoms with Gasteiger partial charge in [0.1, 0.15) is 11.5 Å². The standard InChI is InChI=1S/C11H12FN3O3/c12-7-3-4-8(10(6-7)15(17)18)14-11(16)9-2-1-5-13-9/h3-4,6,9,13H,1-2,5H2,(H,14,16). The van der Waals surface area contributed by atoms with Gasteiger partial charge in [0.05, 0.1) is 17.0 Å². The molecule has 1 heterocycles. The van der Waals surface area contributed by atoms with Crippen LogP contribution in [0.2, 0.25) is 0 Å². The van der Waals surface area contributed by atoms with Crippen molar-refractivity contribution in [3.8, 4) is 0 Å². The summed E-state index contributed by atoms with van der Waals surface area (Å²) in [6.45, 7) is 0.754. The van der Waals surface area contributed by atoms with E-state index in [0.717, 1.165) is 25.1 Å². The second-order valence-corrected chi connectivity index (χ2v) is 4.06. The summed E-state index contributed by atoms with van der Waals surface area (Å²) in [5, 5.41) is 16.2. The molecule has 0 saturated carbocycles. The Labute approximate surface area is 102 Å². The molecule has 1 amide bonds. The van der Waals surface area contributed by atoms with Crippen molar-refractivity contribution >= 4 is 17.3 Å². The van der Waals surface area contributed by atoms with Crippen molar-refractivity contribution in [3.05, 3.63) is 34.1 Å². The van der Waals surface area contributed by atoms with Crippen molar-refractivity contribution in [2.24, 2.45) is 0 Å². The number of anilines is 1. The Balaban J connectivity index is 2.17. The Hall–Kier alpha value is -2.02. The molecular weight excluding hydrogens is 241 g/mol. The second-order valence-electron chi connectivity index (χ2n) is 4.06. The zero-order valence-corrected chi connectivity index (χ0v) is 9.48. The third-order valence-electron chi connectivity index (χ3n) is 2.79. The Kier molecular flexibility index (Phi) is 3.52. The Morgan fingerprint density at radius 1 is 1.56 bits per heavy atom. The number of nitro benzene ring substituents is 1. The maximum Gasteiger partial charge on any atom is 0.295 e. The van der Waals surface area contributed by atoms with E-state index in [1.807, 2.05) is 0 Å². The second kappa shape index (κ2) is 5.09. The first-order chi connectivity index (χ1) is 8.58. The Morgan fingerprint density at radius 3 is 2.94 bits per heavy atom. The highest BCUT2D eigenvalue weighted by atomic mass is 19.1. The molecule has 1 aliphatic rings. The van der Waals surface area contributed by atoms with E-state index in [1.165, 1.54) is 6.07 Å². The van der Waals surface area contributed by atoms with Gasteiger partial charge in [-0.25, -0.2) is 4.39 Å². The van der Waals surface area contributed by atoms with Gasteiger partial charge in [-0.1, -0.05) is 0 Å². The maximum atomic E-state index is 12.9. The number of amides is 1. The number of carbonyl (C=O) groups excluding carboxylic acids is 1. The minimum Gasteiger partial charge on any atom is -0.319 e. The first-order valence-corrected chi connectivity index (χ1v) is 5.56. The van der Waals surface area contributed by atoms with Crippen molar-refractivity contribution in [3.63, 3.8) is 0 Å². The number of hydrogen-bond donors (Lipinski definition) is 2. The predicted molar refractivity (Wildman–Crippen MR) is 62.7 cm³/mol. The Morgan fingerprint density at radius 2 is 2.33 bits per heavy atom.